The molecule has 5 nitrogen and oxygen atoms in total. The summed E-state index contributed by atoms with van der Waals surface area (Å²) < 4.78 is 3.06. The van der Waals surface area contributed by atoms with Crippen LogP contribution in [0, 0.1) is 0 Å². The minimum atomic E-state index is -0.310. The molecule has 1 aliphatic heterocycles. The number of carbonyl (C=O) groups excluding carboxylic acids is 1. The molecule has 0 saturated carbocycles. The fourth-order valence-corrected chi connectivity index (χ4v) is 4.39. The van der Waals surface area contributed by atoms with Crippen LogP contribution in [-0.4, -0.2) is 15.5 Å². The van der Waals surface area contributed by atoms with Crippen molar-refractivity contribution in [3.05, 3.63) is 100 Å². The molecule has 0 spiro atoms. The Labute approximate surface area is 182 Å². The zero-order valence-electron chi connectivity index (χ0n) is 16.3. The highest BCUT2D eigenvalue weighted by Crippen LogP contribution is 2.40. The Morgan fingerprint density at radius 3 is 2.60 bits per heavy atom. The summed E-state index contributed by atoms with van der Waals surface area (Å²) in [6.45, 7) is 1.92. The molecule has 0 aliphatic carbocycles. The first-order valence-corrected chi connectivity index (χ1v) is 10.5. The number of amides is 1. The first-order chi connectivity index (χ1) is 14.6. The number of fused-ring (bicyclic) bond motifs is 3. The molecule has 0 fully saturated rings. The van der Waals surface area contributed by atoms with Crippen molar-refractivity contribution in [1.82, 2.24) is 9.55 Å². The molecule has 0 saturated heterocycles. The van der Waals surface area contributed by atoms with Gasteiger partial charge in [-0.3, -0.25) is 9.36 Å². The van der Waals surface area contributed by atoms with Crippen LogP contribution in [0.25, 0.3) is 11.0 Å². The van der Waals surface area contributed by atoms with E-state index in [1.807, 2.05) is 79.7 Å². The average Bonchev–Trinajstić information content (AvgIpc) is 3.11. The van der Waals surface area contributed by atoms with Crippen LogP contribution in [0.15, 0.2) is 94.6 Å². The maximum absolute atomic E-state index is 13.5. The normalized spacial score (nSPS) is 15.6. The molecule has 1 amide bonds. The Bertz CT molecular complexity index is 1290. The SMILES string of the molecule is CC1=C(C(=O)Nc2ccccc2)[C@H](c2cccc(Br)c2)n2c(nc3ccccc32)N1. The summed E-state index contributed by atoms with van der Waals surface area (Å²) in [7, 11) is 0. The average molecular weight is 459 g/mol. The van der Waals surface area contributed by atoms with Crippen LogP contribution in [0.5, 0.6) is 0 Å². The highest BCUT2D eigenvalue weighted by atomic mass is 79.9. The van der Waals surface area contributed by atoms with Crippen molar-refractivity contribution in [2.75, 3.05) is 10.6 Å². The molecule has 5 rings (SSSR count). The topological polar surface area (TPSA) is 59.0 Å². The third-order valence-corrected chi connectivity index (χ3v) is 5.76. The van der Waals surface area contributed by atoms with Gasteiger partial charge in [-0.1, -0.05) is 58.4 Å². The standard InChI is InChI=1S/C24H19BrN4O/c1-15-21(23(30)27-18-10-3-2-4-11-18)22(16-8-7-9-17(25)14-16)29-20-13-6-5-12-19(20)28-24(29)26-15/h2-14,22H,1H3,(H,26,28)(H,27,30)/t22-/m0/s1. The number of imidazole rings is 1. The molecule has 1 atom stereocenters. The number of allylic oxidation sites excluding steroid dienone is 1. The van der Waals surface area contributed by atoms with Crippen LogP contribution in [0.2, 0.25) is 0 Å². The Hall–Kier alpha value is -3.38. The van der Waals surface area contributed by atoms with Gasteiger partial charge in [0.25, 0.3) is 5.91 Å². The van der Waals surface area contributed by atoms with Crippen LogP contribution in [0.4, 0.5) is 11.6 Å². The van der Waals surface area contributed by atoms with E-state index in [1.165, 1.54) is 0 Å². The molecule has 0 radical (unpaired) electrons. The summed E-state index contributed by atoms with van der Waals surface area (Å²) in [5, 5.41) is 6.38. The minimum Gasteiger partial charge on any atom is -0.329 e. The molecule has 0 unspecified atom stereocenters. The quantitative estimate of drug-likeness (QED) is 0.412. The van der Waals surface area contributed by atoms with Crippen molar-refractivity contribution in [3.63, 3.8) is 0 Å². The van der Waals surface area contributed by atoms with Gasteiger partial charge in [0.1, 0.15) is 0 Å². The van der Waals surface area contributed by atoms with Crippen molar-refractivity contribution >= 4 is 44.5 Å². The van der Waals surface area contributed by atoms with Gasteiger partial charge in [0.15, 0.2) is 0 Å². The molecule has 6 heteroatoms. The van der Waals surface area contributed by atoms with Crippen LogP contribution in [0.1, 0.15) is 18.5 Å². The molecule has 2 heterocycles. The smallest absolute Gasteiger partial charge is 0.255 e. The maximum atomic E-state index is 13.5. The van der Waals surface area contributed by atoms with E-state index >= 15 is 0 Å². The predicted molar refractivity (Wildman–Crippen MR) is 123 cm³/mol. The van der Waals surface area contributed by atoms with Crippen molar-refractivity contribution in [2.24, 2.45) is 0 Å². The van der Waals surface area contributed by atoms with E-state index < -0.39 is 0 Å². The van der Waals surface area contributed by atoms with Crippen molar-refractivity contribution in [3.8, 4) is 0 Å². The van der Waals surface area contributed by atoms with Gasteiger partial charge in [-0.15, -0.1) is 0 Å². The number of hydrogen-bond acceptors (Lipinski definition) is 3. The predicted octanol–water partition coefficient (Wildman–Crippen LogP) is 5.73. The van der Waals surface area contributed by atoms with E-state index in [-0.39, 0.29) is 11.9 Å². The van der Waals surface area contributed by atoms with Crippen molar-refractivity contribution in [2.45, 2.75) is 13.0 Å². The lowest BCUT2D eigenvalue weighted by Gasteiger charge is -2.30. The molecular weight excluding hydrogens is 440 g/mol. The minimum absolute atomic E-state index is 0.139. The summed E-state index contributed by atoms with van der Waals surface area (Å²) >= 11 is 3.58. The summed E-state index contributed by atoms with van der Waals surface area (Å²) in [6.07, 6.45) is 0. The van der Waals surface area contributed by atoms with Crippen LogP contribution in [0.3, 0.4) is 0 Å². The number of aromatic nitrogens is 2. The molecular formula is C24H19BrN4O. The summed E-state index contributed by atoms with van der Waals surface area (Å²) in [5.41, 5.74) is 5.08. The monoisotopic (exact) mass is 458 g/mol. The molecule has 3 aromatic carbocycles. The number of hydrogen-bond donors (Lipinski definition) is 2. The third-order valence-electron chi connectivity index (χ3n) is 5.27. The molecule has 148 valence electrons. The van der Waals surface area contributed by atoms with Gasteiger partial charge in [-0.2, -0.15) is 0 Å². The highest BCUT2D eigenvalue weighted by Gasteiger charge is 2.34. The largest absolute Gasteiger partial charge is 0.329 e. The lowest BCUT2D eigenvalue weighted by atomic mass is 9.94. The zero-order chi connectivity index (χ0) is 20.7. The van der Waals surface area contributed by atoms with Gasteiger partial charge in [0, 0.05) is 15.9 Å². The number of carbonyl (C=O) groups is 1. The highest BCUT2D eigenvalue weighted by molar-refractivity contribution is 9.10. The number of nitrogens with zero attached hydrogens (tertiary/aromatic N) is 2. The summed E-state index contributed by atoms with van der Waals surface area (Å²) in [4.78, 5) is 18.2. The first-order valence-electron chi connectivity index (χ1n) is 9.68. The Kier molecular flexibility index (Phi) is 4.64. The van der Waals surface area contributed by atoms with Gasteiger partial charge in [0.2, 0.25) is 5.95 Å². The third kappa shape index (κ3) is 3.19. The number of halogens is 1. The summed E-state index contributed by atoms with van der Waals surface area (Å²) in [5.74, 6) is 0.592. The first kappa shape index (κ1) is 18.6. The zero-order valence-corrected chi connectivity index (χ0v) is 17.8. The molecule has 0 bridgehead atoms. The van der Waals surface area contributed by atoms with Crippen molar-refractivity contribution < 1.29 is 4.79 Å². The van der Waals surface area contributed by atoms with Gasteiger partial charge in [0.05, 0.1) is 22.6 Å². The van der Waals surface area contributed by atoms with Gasteiger partial charge in [-0.05, 0) is 48.9 Å². The van der Waals surface area contributed by atoms with Crippen molar-refractivity contribution in [1.29, 1.82) is 0 Å². The van der Waals surface area contributed by atoms with E-state index in [1.54, 1.807) is 0 Å². The summed E-state index contributed by atoms with van der Waals surface area (Å²) in [6, 6.07) is 25.2. The number of nitrogens with one attached hydrogen (secondary N) is 2. The Morgan fingerprint density at radius 2 is 1.80 bits per heavy atom. The Morgan fingerprint density at radius 1 is 1.03 bits per heavy atom. The van der Waals surface area contributed by atoms with Gasteiger partial charge < -0.3 is 10.6 Å². The van der Waals surface area contributed by atoms with E-state index in [9.17, 15) is 4.79 Å². The second-order valence-corrected chi connectivity index (χ2v) is 8.15. The van der Waals surface area contributed by atoms with E-state index in [4.69, 9.17) is 4.98 Å². The van der Waals surface area contributed by atoms with Crippen LogP contribution < -0.4 is 10.6 Å². The number of benzene rings is 3. The van der Waals surface area contributed by atoms with E-state index in [0.29, 0.717) is 5.57 Å². The fraction of sp³-hybridized carbons (Fsp3) is 0.0833. The van der Waals surface area contributed by atoms with Gasteiger partial charge >= 0.3 is 0 Å². The van der Waals surface area contributed by atoms with E-state index in [0.717, 1.165) is 38.4 Å². The second-order valence-electron chi connectivity index (χ2n) is 7.24. The fourth-order valence-electron chi connectivity index (χ4n) is 3.97. The lowest BCUT2D eigenvalue weighted by molar-refractivity contribution is -0.113. The lowest BCUT2D eigenvalue weighted by Crippen LogP contribution is -2.30. The van der Waals surface area contributed by atoms with E-state index in [2.05, 4.69) is 37.2 Å². The number of rotatable bonds is 3. The number of para-hydroxylation sites is 3. The second kappa shape index (κ2) is 7.46. The Balaban J connectivity index is 1.69. The van der Waals surface area contributed by atoms with Gasteiger partial charge in [-0.25, -0.2) is 4.98 Å². The van der Waals surface area contributed by atoms with Crippen LogP contribution >= 0.6 is 15.9 Å². The van der Waals surface area contributed by atoms with Crippen LogP contribution in [-0.2, 0) is 4.79 Å². The molecule has 1 aliphatic rings. The molecule has 2 N–H and O–H groups in total. The number of anilines is 2. The molecule has 1 aromatic heterocycles. The maximum Gasteiger partial charge on any atom is 0.255 e. The molecule has 4 aromatic rings. The molecule has 30 heavy (non-hydrogen) atoms.